The van der Waals surface area contributed by atoms with Crippen LogP contribution in [0.3, 0.4) is 0 Å². The summed E-state index contributed by atoms with van der Waals surface area (Å²) in [7, 11) is 0. The number of carbonyl (C=O) groups excluding carboxylic acids is 2. The molecule has 0 bridgehead atoms. The molecule has 0 heterocycles. The van der Waals surface area contributed by atoms with Crippen LogP contribution < -0.4 is 29.6 Å². The number of unbranched alkanes of at least 4 members (excludes halogenated alkanes) is 4. The Bertz CT molecular complexity index is 301. The molecule has 0 aliphatic carbocycles. The molecule has 0 aromatic carbocycles. The maximum absolute atomic E-state index is 11.6. The average Bonchev–Trinajstić information content (AvgIpc) is 2.53. The van der Waals surface area contributed by atoms with Gasteiger partial charge in [-0.2, -0.15) is 0 Å². The summed E-state index contributed by atoms with van der Waals surface area (Å²) in [6.07, 6.45) is 9.01. The Balaban J connectivity index is -0.00000220. The second-order valence-electron chi connectivity index (χ2n) is 5.88. The fourth-order valence-corrected chi connectivity index (χ4v) is 2.17. The Morgan fingerprint density at radius 2 is 1.48 bits per heavy atom. The Morgan fingerprint density at radius 1 is 0.870 bits per heavy atom. The van der Waals surface area contributed by atoms with Gasteiger partial charge in [0.25, 0.3) is 0 Å². The van der Waals surface area contributed by atoms with Gasteiger partial charge in [0.05, 0.1) is 26.1 Å². The zero-order chi connectivity index (χ0) is 16.6. The van der Waals surface area contributed by atoms with Crippen molar-refractivity contribution in [3.63, 3.8) is 0 Å². The van der Waals surface area contributed by atoms with Crippen LogP contribution in [0.1, 0.15) is 86.4 Å². The summed E-state index contributed by atoms with van der Waals surface area (Å²) in [6.45, 7) is 7.35. The van der Waals surface area contributed by atoms with Crippen LogP contribution in [0.25, 0.3) is 0 Å². The Morgan fingerprint density at radius 3 is 2.04 bits per heavy atom. The van der Waals surface area contributed by atoms with Crippen molar-refractivity contribution in [1.82, 2.24) is 0 Å². The fourth-order valence-electron chi connectivity index (χ4n) is 2.17. The largest absolute Gasteiger partial charge is 1.00 e. The number of ether oxygens (including phenoxy) is 2. The predicted molar refractivity (Wildman–Crippen MR) is 89.7 cm³/mol. The van der Waals surface area contributed by atoms with Crippen molar-refractivity contribution in [2.45, 2.75) is 85.0 Å². The molecule has 0 saturated heterocycles. The molecule has 132 valence electrons. The first-order chi connectivity index (χ1) is 10.6. The Labute approximate surface area is 165 Å². The summed E-state index contributed by atoms with van der Waals surface area (Å²) in [5, 5.41) is 0. The Kier molecular flexibility index (Phi) is 20.0. The molecule has 0 aromatic heterocycles. The van der Waals surface area contributed by atoms with Gasteiger partial charge in [-0.3, -0.25) is 9.59 Å². The predicted octanol–water partition coefficient (Wildman–Crippen LogP) is 1.77. The molecule has 5 heteroatoms. The molecule has 0 saturated carbocycles. The summed E-state index contributed by atoms with van der Waals surface area (Å²) in [4.78, 5) is 23.1. The van der Waals surface area contributed by atoms with Crippen LogP contribution in [0, 0.1) is 5.92 Å². The van der Waals surface area contributed by atoms with Crippen molar-refractivity contribution in [1.29, 1.82) is 0 Å². The molecule has 1 unspecified atom stereocenters. The van der Waals surface area contributed by atoms with Crippen LogP contribution >= 0.6 is 0 Å². The smallest absolute Gasteiger partial charge is 1.00 e. The number of carbonyl (C=O) groups is 2. The van der Waals surface area contributed by atoms with E-state index in [4.69, 9.17) is 9.47 Å². The number of hydrogen-bond donors (Lipinski definition) is 0. The molecule has 23 heavy (non-hydrogen) atoms. The number of rotatable bonds is 14. The molecule has 0 aromatic rings. The molecular weight excluding hydrogens is 303 g/mol. The van der Waals surface area contributed by atoms with Gasteiger partial charge in [0.2, 0.25) is 0 Å². The van der Waals surface area contributed by atoms with Gasteiger partial charge in [-0.05, 0) is 18.8 Å². The maximum Gasteiger partial charge on any atom is 1.00 e. The first-order valence-electron chi connectivity index (χ1n) is 8.95. The third kappa shape index (κ3) is 16.6. The van der Waals surface area contributed by atoms with Crippen LogP contribution in [0.15, 0.2) is 0 Å². The summed E-state index contributed by atoms with van der Waals surface area (Å²) in [6, 6.07) is 0. The van der Waals surface area contributed by atoms with Gasteiger partial charge in [0, 0.05) is 0 Å². The SMILES string of the molecule is CCCCCCOC(=O)CCC(=O)OCC(CC)CCCC.[H-].[Na+]. The van der Waals surface area contributed by atoms with Crippen molar-refractivity contribution >= 4 is 11.9 Å². The zero-order valence-corrected chi connectivity index (χ0v) is 17.7. The third-order valence-corrected chi connectivity index (χ3v) is 3.82. The molecule has 1 atom stereocenters. The minimum absolute atomic E-state index is 0. The summed E-state index contributed by atoms with van der Waals surface area (Å²) < 4.78 is 10.3. The minimum atomic E-state index is -0.300. The van der Waals surface area contributed by atoms with Crippen LogP contribution in [-0.2, 0) is 19.1 Å². The molecule has 0 radical (unpaired) electrons. The summed E-state index contributed by atoms with van der Waals surface area (Å²) in [5.74, 6) is -0.154. The molecule has 0 rings (SSSR count). The van der Waals surface area contributed by atoms with Gasteiger partial charge in [0.1, 0.15) is 0 Å². The van der Waals surface area contributed by atoms with Crippen molar-refractivity contribution in [3.8, 4) is 0 Å². The third-order valence-electron chi connectivity index (χ3n) is 3.82. The molecule has 0 fully saturated rings. The molecule has 0 N–H and O–H groups in total. The van der Waals surface area contributed by atoms with E-state index in [0.29, 0.717) is 19.1 Å². The second kappa shape index (κ2) is 18.3. The van der Waals surface area contributed by atoms with Gasteiger partial charge in [-0.15, -0.1) is 0 Å². The van der Waals surface area contributed by atoms with Gasteiger partial charge < -0.3 is 10.9 Å². The number of hydrogen-bond acceptors (Lipinski definition) is 4. The molecule has 0 aliphatic rings. The molecule has 0 amide bonds. The van der Waals surface area contributed by atoms with E-state index in [-0.39, 0.29) is 55.8 Å². The molecular formula is C18H35NaO4. The van der Waals surface area contributed by atoms with Gasteiger partial charge in [0.15, 0.2) is 0 Å². The van der Waals surface area contributed by atoms with Gasteiger partial charge in [-0.1, -0.05) is 59.3 Å². The first kappa shape index (κ1) is 25.2. The second-order valence-corrected chi connectivity index (χ2v) is 5.88. The standard InChI is InChI=1S/C18H34O4.Na.H/c1-4-7-9-10-14-21-17(19)12-13-18(20)22-15-16(6-3)11-8-5-2;;/h16H,4-15H2,1-3H3;;/q;+1;-1. The summed E-state index contributed by atoms with van der Waals surface area (Å²) in [5.41, 5.74) is 0. The van der Waals surface area contributed by atoms with E-state index in [1.165, 1.54) is 12.8 Å². The summed E-state index contributed by atoms with van der Waals surface area (Å²) >= 11 is 0. The van der Waals surface area contributed by atoms with E-state index in [1.54, 1.807) is 0 Å². The number of esters is 2. The minimum Gasteiger partial charge on any atom is -1.00 e. The average molecular weight is 338 g/mol. The van der Waals surface area contributed by atoms with Crippen LogP contribution in [0.2, 0.25) is 0 Å². The molecule has 0 aliphatic heterocycles. The molecule has 0 spiro atoms. The molecule has 4 nitrogen and oxygen atoms in total. The quantitative estimate of drug-likeness (QED) is 0.275. The van der Waals surface area contributed by atoms with E-state index in [1.807, 2.05) is 0 Å². The van der Waals surface area contributed by atoms with E-state index in [9.17, 15) is 9.59 Å². The van der Waals surface area contributed by atoms with Gasteiger partial charge in [-0.25, -0.2) is 0 Å². The van der Waals surface area contributed by atoms with Crippen molar-refractivity contribution < 1.29 is 50.0 Å². The Hall–Kier alpha value is -0.0600. The van der Waals surface area contributed by atoms with Crippen LogP contribution in [0.5, 0.6) is 0 Å². The van der Waals surface area contributed by atoms with E-state index in [2.05, 4.69) is 20.8 Å². The maximum atomic E-state index is 11.6. The van der Waals surface area contributed by atoms with E-state index in [0.717, 1.165) is 38.5 Å². The van der Waals surface area contributed by atoms with E-state index < -0.39 is 0 Å². The van der Waals surface area contributed by atoms with Crippen molar-refractivity contribution in [3.05, 3.63) is 0 Å². The van der Waals surface area contributed by atoms with Gasteiger partial charge >= 0.3 is 41.5 Å². The van der Waals surface area contributed by atoms with Crippen molar-refractivity contribution in [2.75, 3.05) is 13.2 Å². The monoisotopic (exact) mass is 338 g/mol. The fraction of sp³-hybridized carbons (Fsp3) is 0.889. The zero-order valence-electron chi connectivity index (χ0n) is 16.7. The van der Waals surface area contributed by atoms with Crippen molar-refractivity contribution in [2.24, 2.45) is 5.92 Å². The topological polar surface area (TPSA) is 52.6 Å². The van der Waals surface area contributed by atoms with E-state index >= 15 is 0 Å². The normalized spacial score (nSPS) is 11.4. The van der Waals surface area contributed by atoms with Crippen LogP contribution in [0.4, 0.5) is 0 Å². The first-order valence-corrected chi connectivity index (χ1v) is 8.95. The van der Waals surface area contributed by atoms with Crippen LogP contribution in [-0.4, -0.2) is 25.2 Å².